The summed E-state index contributed by atoms with van der Waals surface area (Å²) < 4.78 is 1.97. The molecule has 198 valence electrons. The number of rotatable bonds is 8. The molecule has 0 saturated heterocycles. The molecule has 2 amide bonds. The largest absolute Gasteiger partial charge is 0.370 e. The number of carbonyl (C=O) groups excluding carboxylic acids is 2. The third kappa shape index (κ3) is 5.14. The van der Waals surface area contributed by atoms with E-state index in [1.807, 2.05) is 54.9 Å². The van der Waals surface area contributed by atoms with Crippen LogP contribution in [0.2, 0.25) is 0 Å². The first-order valence-electron chi connectivity index (χ1n) is 12.4. The number of nitrogens with one attached hydrogen (secondary N) is 2. The van der Waals surface area contributed by atoms with E-state index in [4.69, 9.17) is 27.2 Å². The Bertz CT molecular complexity index is 1740. The highest BCUT2D eigenvalue weighted by molar-refractivity contribution is 5.97. The molecule has 1 atom stereocenters. The first-order chi connectivity index (χ1) is 18.7. The lowest BCUT2D eigenvalue weighted by Crippen LogP contribution is -2.26. The van der Waals surface area contributed by atoms with E-state index in [2.05, 4.69) is 15.3 Å². The number of aryl methyl sites for hydroxylation is 1. The van der Waals surface area contributed by atoms with E-state index in [1.165, 1.54) is 0 Å². The summed E-state index contributed by atoms with van der Waals surface area (Å²) in [6.07, 6.45) is 0.491. The number of guanidine groups is 1. The maximum Gasteiger partial charge on any atom is 0.251 e. The number of aromatic nitrogens is 4. The highest BCUT2D eigenvalue weighted by Gasteiger charge is 2.20. The fourth-order valence-electron chi connectivity index (χ4n) is 4.69. The van der Waals surface area contributed by atoms with Gasteiger partial charge in [0.05, 0.1) is 33.7 Å². The summed E-state index contributed by atoms with van der Waals surface area (Å²) in [6, 6.07) is 18.0. The third-order valence-electron chi connectivity index (χ3n) is 6.68. The number of hydrogen-bond donors (Lipinski definition) is 5. The van der Waals surface area contributed by atoms with Crippen LogP contribution in [0.4, 0.5) is 5.69 Å². The number of fused-ring (bicyclic) bond motifs is 2. The Morgan fingerprint density at radius 2 is 1.79 bits per heavy atom. The van der Waals surface area contributed by atoms with Crippen molar-refractivity contribution in [1.82, 2.24) is 24.8 Å². The highest BCUT2D eigenvalue weighted by Crippen LogP contribution is 2.28. The molecule has 0 spiro atoms. The van der Waals surface area contributed by atoms with Gasteiger partial charge in [0.1, 0.15) is 11.6 Å². The van der Waals surface area contributed by atoms with Gasteiger partial charge in [0.2, 0.25) is 5.91 Å². The molecule has 11 heteroatoms. The van der Waals surface area contributed by atoms with Crippen molar-refractivity contribution in [2.24, 2.45) is 29.2 Å². The second-order valence-corrected chi connectivity index (χ2v) is 9.34. The predicted octanol–water partition coefficient (Wildman–Crippen LogP) is 2.58. The molecule has 0 radical (unpaired) electrons. The number of primary amides is 1. The third-order valence-corrected chi connectivity index (χ3v) is 6.68. The van der Waals surface area contributed by atoms with Gasteiger partial charge in [0.15, 0.2) is 5.96 Å². The number of benzene rings is 3. The monoisotopic (exact) mass is 523 g/mol. The lowest BCUT2D eigenvalue weighted by atomic mass is 10.0. The van der Waals surface area contributed by atoms with Gasteiger partial charge in [-0.2, -0.15) is 0 Å². The number of aromatic amines is 1. The molecule has 1 unspecified atom stereocenters. The van der Waals surface area contributed by atoms with Crippen molar-refractivity contribution >= 4 is 45.5 Å². The minimum atomic E-state index is -0.484. The Balaban J connectivity index is 1.34. The zero-order chi connectivity index (χ0) is 27.7. The van der Waals surface area contributed by atoms with Gasteiger partial charge in [0, 0.05) is 24.7 Å². The quantitative estimate of drug-likeness (QED) is 0.154. The van der Waals surface area contributed by atoms with E-state index >= 15 is 0 Å². The Morgan fingerprint density at radius 3 is 2.56 bits per heavy atom. The Labute approximate surface area is 224 Å². The SMILES string of the molecule is CC(c1nc2ccc(N=C(N)N)cc2[nH]1)c1nc2ccc(C(=O)NCCc3ccccc3C(N)=O)cc2n1C. The average Bonchev–Trinajstić information content (AvgIpc) is 3.48. The molecule has 39 heavy (non-hydrogen) atoms. The molecule has 0 aliphatic rings. The van der Waals surface area contributed by atoms with Crippen LogP contribution in [0.3, 0.4) is 0 Å². The van der Waals surface area contributed by atoms with Gasteiger partial charge in [-0.25, -0.2) is 15.0 Å². The summed E-state index contributed by atoms with van der Waals surface area (Å²) in [5.74, 6) is 0.696. The van der Waals surface area contributed by atoms with E-state index in [-0.39, 0.29) is 17.8 Å². The highest BCUT2D eigenvalue weighted by atomic mass is 16.2. The first-order valence-corrected chi connectivity index (χ1v) is 12.4. The number of amides is 2. The van der Waals surface area contributed by atoms with E-state index in [1.54, 1.807) is 24.3 Å². The molecule has 0 saturated carbocycles. The molecular weight excluding hydrogens is 494 g/mol. The Kier molecular flexibility index (Phi) is 6.72. The van der Waals surface area contributed by atoms with E-state index < -0.39 is 5.91 Å². The van der Waals surface area contributed by atoms with Crippen LogP contribution in [0.5, 0.6) is 0 Å². The second kappa shape index (κ2) is 10.3. The zero-order valence-electron chi connectivity index (χ0n) is 21.6. The topological polar surface area (TPSA) is 183 Å². The minimum Gasteiger partial charge on any atom is -0.370 e. The molecule has 11 nitrogen and oxygen atoms in total. The Hall–Kier alpha value is -5.19. The maximum atomic E-state index is 12.9. The van der Waals surface area contributed by atoms with E-state index in [9.17, 15) is 9.59 Å². The van der Waals surface area contributed by atoms with Gasteiger partial charge in [-0.05, 0) is 61.4 Å². The van der Waals surface area contributed by atoms with Gasteiger partial charge in [0.25, 0.3) is 5.91 Å². The van der Waals surface area contributed by atoms with Gasteiger partial charge < -0.3 is 32.1 Å². The smallest absolute Gasteiger partial charge is 0.251 e. The number of nitrogens with zero attached hydrogens (tertiary/aromatic N) is 4. The van der Waals surface area contributed by atoms with Crippen molar-refractivity contribution in [2.75, 3.05) is 6.54 Å². The summed E-state index contributed by atoms with van der Waals surface area (Å²) in [5.41, 5.74) is 22.1. The van der Waals surface area contributed by atoms with Crippen LogP contribution in [0.1, 0.15) is 50.8 Å². The van der Waals surface area contributed by atoms with Gasteiger partial charge in [-0.15, -0.1) is 0 Å². The van der Waals surface area contributed by atoms with Crippen molar-refractivity contribution in [2.45, 2.75) is 19.3 Å². The molecular formula is C28H29N9O2. The lowest BCUT2D eigenvalue weighted by molar-refractivity contribution is 0.0953. The van der Waals surface area contributed by atoms with Crippen molar-refractivity contribution < 1.29 is 9.59 Å². The molecule has 0 bridgehead atoms. The molecule has 3 aromatic carbocycles. The molecule has 0 aliphatic heterocycles. The van der Waals surface area contributed by atoms with E-state index in [0.29, 0.717) is 29.8 Å². The van der Waals surface area contributed by atoms with Crippen molar-refractivity contribution in [1.29, 1.82) is 0 Å². The number of imidazole rings is 2. The van der Waals surface area contributed by atoms with Crippen LogP contribution in [0.15, 0.2) is 65.7 Å². The first kappa shape index (κ1) is 25.5. The van der Waals surface area contributed by atoms with Gasteiger partial charge >= 0.3 is 0 Å². The van der Waals surface area contributed by atoms with Gasteiger partial charge in [-0.3, -0.25) is 9.59 Å². The van der Waals surface area contributed by atoms with Crippen molar-refractivity contribution in [3.63, 3.8) is 0 Å². The number of aliphatic imine (C=N–C) groups is 1. The summed E-state index contributed by atoms with van der Waals surface area (Å²) in [4.78, 5) is 41.5. The number of H-pyrrole nitrogens is 1. The van der Waals surface area contributed by atoms with Crippen LogP contribution in [-0.2, 0) is 13.5 Å². The molecule has 5 aromatic rings. The summed E-state index contributed by atoms with van der Waals surface area (Å²) in [6.45, 7) is 2.39. The normalized spacial score (nSPS) is 11.9. The van der Waals surface area contributed by atoms with Crippen molar-refractivity contribution in [3.05, 3.63) is 89.0 Å². The van der Waals surface area contributed by atoms with Crippen LogP contribution >= 0.6 is 0 Å². The summed E-state index contributed by atoms with van der Waals surface area (Å²) >= 11 is 0. The maximum absolute atomic E-state index is 12.9. The van der Waals surface area contributed by atoms with Crippen LogP contribution in [0.25, 0.3) is 22.1 Å². The van der Waals surface area contributed by atoms with Crippen molar-refractivity contribution in [3.8, 4) is 0 Å². The molecule has 0 fully saturated rings. The average molecular weight is 524 g/mol. The van der Waals surface area contributed by atoms with Crippen LogP contribution in [-0.4, -0.2) is 43.8 Å². The number of hydrogen-bond acceptors (Lipinski definition) is 5. The standard InChI is InChI=1S/C28H29N9O2/c1-15(25-34-20-10-8-18(33-28(30)31)14-22(20)35-25)26-36-21-9-7-17(13-23(21)37(26)2)27(39)32-12-11-16-5-3-4-6-19(16)24(29)38/h3-10,13-15H,11-12H2,1-2H3,(H2,29,38)(H,32,39)(H,34,35)(H4,30,31,33). The van der Waals surface area contributed by atoms with Crippen LogP contribution < -0.4 is 22.5 Å². The predicted molar refractivity (Wildman–Crippen MR) is 151 cm³/mol. The molecule has 8 N–H and O–H groups in total. The zero-order valence-corrected chi connectivity index (χ0v) is 21.6. The fraction of sp³-hybridized carbons (Fsp3) is 0.179. The fourth-order valence-corrected chi connectivity index (χ4v) is 4.69. The molecule has 5 rings (SSSR count). The summed E-state index contributed by atoms with van der Waals surface area (Å²) in [5, 5.41) is 2.92. The minimum absolute atomic E-state index is 0.0105. The van der Waals surface area contributed by atoms with Gasteiger partial charge in [-0.1, -0.05) is 18.2 Å². The Morgan fingerprint density at radius 1 is 1.03 bits per heavy atom. The van der Waals surface area contributed by atoms with E-state index in [0.717, 1.165) is 39.3 Å². The molecule has 0 aliphatic carbocycles. The lowest BCUT2D eigenvalue weighted by Gasteiger charge is -2.09. The number of carbonyl (C=O) groups is 2. The second-order valence-electron chi connectivity index (χ2n) is 9.34. The summed E-state index contributed by atoms with van der Waals surface area (Å²) in [7, 11) is 1.92. The molecule has 2 aromatic heterocycles. The molecule has 2 heterocycles. The number of nitrogens with two attached hydrogens (primary N) is 3. The van der Waals surface area contributed by atoms with Crippen LogP contribution in [0, 0.1) is 0 Å².